The first-order valence-electron chi connectivity index (χ1n) is 3.00. The van der Waals surface area contributed by atoms with Crippen LogP contribution in [0.5, 0.6) is 0 Å². The van der Waals surface area contributed by atoms with E-state index in [0.29, 0.717) is 4.47 Å². The average molecular weight is 287 g/mol. The van der Waals surface area contributed by atoms with Crippen molar-refractivity contribution in [1.29, 1.82) is 0 Å². The predicted molar refractivity (Wildman–Crippen MR) is 53.7 cm³/mol. The Bertz CT molecular complexity index is 422. The predicted octanol–water partition coefficient (Wildman–Crippen LogP) is 1.11. The molecule has 1 heterocycles. The third-order valence-corrected chi connectivity index (χ3v) is 2.30. The van der Waals surface area contributed by atoms with E-state index in [0.717, 1.165) is 0 Å². The van der Waals surface area contributed by atoms with Crippen molar-refractivity contribution < 1.29 is 8.42 Å². The van der Waals surface area contributed by atoms with Crippen LogP contribution in [0.1, 0.15) is 0 Å². The van der Waals surface area contributed by atoms with E-state index in [9.17, 15) is 8.42 Å². The molecular formula is C5H5BrClN3O2S. The zero-order valence-electron chi connectivity index (χ0n) is 6.16. The highest BCUT2D eigenvalue weighted by Crippen LogP contribution is 2.23. The number of aromatic nitrogens is 1. The Hall–Kier alpha value is -0.370. The minimum Gasteiger partial charge on any atom is -0.268 e. The van der Waals surface area contributed by atoms with Crippen molar-refractivity contribution in [1.82, 2.24) is 4.98 Å². The van der Waals surface area contributed by atoms with Crippen LogP contribution in [0.2, 0.25) is 5.15 Å². The summed E-state index contributed by atoms with van der Waals surface area (Å²) in [5.41, 5.74) is 0.138. The highest BCUT2D eigenvalue weighted by molar-refractivity contribution is 9.10. The fraction of sp³-hybridized carbons (Fsp3) is 0. The van der Waals surface area contributed by atoms with Crippen LogP contribution in [0.3, 0.4) is 0 Å². The van der Waals surface area contributed by atoms with Crippen LogP contribution in [0, 0.1) is 0 Å². The van der Waals surface area contributed by atoms with Crippen LogP contribution in [0.25, 0.3) is 0 Å². The Morgan fingerprint density at radius 3 is 2.77 bits per heavy atom. The molecule has 0 aliphatic rings. The van der Waals surface area contributed by atoms with Crippen molar-refractivity contribution >= 4 is 43.4 Å². The van der Waals surface area contributed by atoms with Crippen LogP contribution in [-0.4, -0.2) is 13.4 Å². The second-order valence-corrected chi connectivity index (χ2v) is 4.71. The van der Waals surface area contributed by atoms with Gasteiger partial charge in [0.05, 0.1) is 5.69 Å². The molecule has 0 spiro atoms. The number of nitrogens with two attached hydrogens (primary N) is 1. The maximum atomic E-state index is 10.6. The Balaban J connectivity index is 3.08. The number of hydrogen-bond donors (Lipinski definition) is 2. The molecule has 1 aromatic heterocycles. The summed E-state index contributed by atoms with van der Waals surface area (Å²) in [4.78, 5) is 3.70. The largest absolute Gasteiger partial charge is 0.296 e. The second kappa shape index (κ2) is 3.79. The minimum absolute atomic E-state index is 0.0391. The molecule has 3 N–H and O–H groups in total. The first kappa shape index (κ1) is 10.7. The molecule has 0 aromatic carbocycles. The zero-order valence-corrected chi connectivity index (χ0v) is 9.32. The summed E-state index contributed by atoms with van der Waals surface area (Å²) in [5, 5.41) is 4.78. The van der Waals surface area contributed by atoms with Gasteiger partial charge in [-0.2, -0.15) is 8.42 Å². The zero-order chi connectivity index (χ0) is 10.1. The Morgan fingerprint density at radius 1 is 1.62 bits per heavy atom. The van der Waals surface area contributed by atoms with Crippen molar-refractivity contribution in [2.24, 2.45) is 5.14 Å². The number of rotatable bonds is 2. The summed E-state index contributed by atoms with van der Waals surface area (Å²) < 4.78 is 23.9. The smallest absolute Gasteiger partial charge is 0.268 e. The number of nitrogens with one attached hydrogen (secondary N) is 1. The molecule has 0 bridgehead atoms. The average Bonchev–Trinajstić information content (AvgIpc) is 1.94. The van der Waals surface area contributed by atoms with Gasteiger partial charge in [0, 0.05) is 10.7 Å². The van der Waals surface area contributed by atoms with Gasteiger partial charge in [-0.05, 0) is 22.0 Å². The van der Waals surface area contributed by atoms with Crippen LogP contribution < -0.4 is 9.86 Å². The first-order valence-corrected chi connectivity index (χ1v) is 5.72. The van der Waals surface area contributed by atoms with Gasteiger partial charge in [0.1, 0.15) is 0 Å². The molecule has 8 heteroatoms. The Kier molecular flexibility index (Phi) is 3.12. The number of hydrogen-bond acceptors (Lipinski definition) is 3. The maximum absolute atomic E-state index is 10.6. The molecule has 0 amide bonds. The summed E-state index contributed by atoms with van der Waals surface area (Å²) >= 11 is 8.69. The van der Waals surface area contributed by atoms with E-state index in [-0.39, 0.29) is 10.8 Å². The Labute approximate surface area is 88.6 Å². The quantitative estimate of drug-likeness (QED) is 0.799. The summed E-state index contributed by atoms with van der Waals surface area (Å²) in [6.45, 7) is 0. The number of pyridine rings is 1. The number of halogens is 2. The van der Waals surface area contributed by atoms with Crippen molar-refractivity contribution in [2.75, 3.05) is 4.72 Å². The highest BCUT2D eigenvalue weighted by atomic mass is 79.9. The first-order chi connectivity index (χ1) is 5.88. The lowest BCUT2D eigenvalue weighted by Crippen LogP contribution is -2.22. The monoisotopic (exact) mass is 285 g/mol. The molecule has 0 saturated heterocycles. The van der Waals surface area contributed by atoms with E-state index < -0.39 is 10.2 Å². The minimum atomic E-state index is -3.81. The third-order valence-electron chi connectivity index (χ3n) is 1.06. The van der Waals surface area contributed by atoms with Crippen LogP contribution in [0.15, 0.2) is 16.7 Å². The highest BCUT2D eigenvalue weighted by Gasteiger charge is 2.07. The van der Waals surface area contributed by atoms with Gasteiger partial charge in [0.15, 0.2) is 5.15 Å². The summed E-state index contributed by atoms with van der Waals surface area (Å²) in [6.07, 6.45) is 1.44. The molecule has 72 valence electrons. The molecule has 0 radical (unpaired) electrons. The van der Waals surface area contributed by atoms with Crippen molar-refractivity contribution in [3.63, 3.8) is 0 Å². The topological polar surface area (TPSA) is 85.1 Å². The van der Waals surface area contributed by atoms with E-state index in [2.05, 4.69) is 20.9 Å². The lowest BCUT2D eigenvalue weighted by atomic mass is 10.4. The molecule has 0 fully saturated rings. The molecule has 13 heavy (non-hydrogen) atoms. The van der Waals surface area contributed by atoms with E-state index >= 15 is 0 Å². The van der Waals surface area contributed by atoms with Crippen LogP contribution >= 0.6 is 27.5 Å². The van der Waals surface area contributed by atoms with Crippen molar-refractivity contribution in [2.45, 2.75) is 0 Å². The van der Waals surface area contributed by atoms with Gasteiger partial charge in [-0.15, -0.1) is 0 Å². The fourth-order valence-corrected chi connectivity index (χ4v) is 1.65. The number of anilines is 1. The van der Waals surface area contributed by atoms with Gasteiger partial charge < -0.3 is 0 Å². The SMILES string of the molecule is NS(=O)(=O)Nc1cc(Br)cnc1Cl. The molecule has 0 saturated carbocycles. The molecule has 1 rings (SSSR count). The molecule has 1 aromatic rings. The van der Waals surface area contributed by atoms with Gasteiger partial charge in [-0.25, -0.2) is 10.1 Å². The lowest BCUT2D eigenvalue weighted by Gasteiger charge is -2.04. The van der Waals surface area contributed by atoms with Gasteiger partial charge in [-0.3, -0.25) is 4.72 Å². The second-order valence-electron chi connectivity index (χ2n) is 2.14. The summed E-state index contributed by atoms with van der Waals surface area (Å²) in [5.74, 6) is 0. The number of nitrogens with zero attached hydrogens (tertiary/aromatic N) is 1. The summed E-state index contributed by atoms with van der Waals surface area (Å²) in [7, 11) is -3.81. The molecule has 0 aliphatic heterocycles. The molecule has 0 atom stereocenters. The Morgan fingerprint density at radius 2 is 2.23 bits per heavy atom. The van der Waals surface area contributed by atoms with Crippen molar-refractivity contribution in [3.8, 4) is 0 Å². The normalized spacial score (nSPS) is 11.3. The van der Waals surface area contributed by atoms with E-state index in [4.69, 9.17) is 16.7 Å². The fourth-order valence-electron chi connectivity index (χ4n) is 0.647. The van der Waals surface area contributed by atoms with Crippen LogP contribution in [-0.2, 0) is 10.2 Å². The molecule has 5 nitrogen and oxygen atoms in total. The molecule has 0 aliphatic carbocycles. The van der Waals surface area contributed by atoms with Crippen molar-refractivity contribution in [3.05, 3.63) is 21.9 Å². The summed E-state index contributed by atoms with van der Waals surface area (Å²) in [6, 6.07) is 1.46. The van der Waals surface area contributed by atoms with Crippen LogP contribution in [0.4, 0.5) is 5.69 Å². The molecular weight excluding hydrogens is 281 g/mol. The van der Waals surface area contributed by atoms with Gasteiger partial charge >= 0.3 is 0 Å². The van der Waals surface area contributed by atoms with Gasteiger partial charge in [-0.1, -0.05) is 11.6 Å². The van der Waals surface area contributed by atoms with E-state index in [1.165, 1.54) is 12.3 Å². The molecule has 0 unspecified atom stereocenters. The third kappa shape index (κ3) is 3.47. The standard InChI is InChI=1S/C5H5BrClN3O2S/c6-3-1-4(5(7)9-2-3)10-13(8,11)12/h1-2,10H,(H2,8,11,12). The lowest BCUT2D eigenvalue weighted by molar-refractivity contribution is 0.603. The maximum Gasteiger partial charge on any atom is 0.296 e. The van der Waals surface area contributed by atoms with E-state index in [1.54, 1.807) is 0 Å². The van der Waals surface area contributed by atoms with Gasteiger partial charge in [0.25, 0.3) is 10.2 Å². The van der Waals surface area contributed by atoms with E-state index in [1.807, 2.05) is 4.72 Å². The van der Waals surface area contributed by atoms with Gasteiger partial charge in [0.2, 0.25) is 0 Å².